The van der Waals surface area contributed by atoms with Gasteiger partial charge in [-0.3, -0.25) is 0 Å². The van der Waals surface area contributed by atoms with Gasteiger partial charge < -0.3 is 10.2 Å². The van der Waals surface area contributed by atoms with E-state index >= 15 is 0 Å². The maximum Gasteiger partial charge on any atom is 0.225 e. The molecule has 2 rings (SSSR count). The molecule has 0 saturated carbocycles. The highest BCUT2D eigenvalue weighted by Crippen LogP contribution is 2.21. The number of hydrogen-bond donors (Lipinski definition) is 1. The zero-order valence-corrected chi connectivity index (χ0v) is 10.1. The molecule has 0 bridgehead atoms. The second-order valence-corrected chi connectivity index (χ2v) is 4.36. The van der Waals surface area contributed by atoms with Crippen LogP contribution in [-0.4, -0.2) is 35.6 Å². The summed E-state index contributed by atoms with van der Waals surface area (Å²) >= 11 is 0. The van der Waals surface area contributed by atoms with E-state index in [9.17, 15) is 0 Å². The summed E-state index contributed by atoms with van der Waals surface area (Å²) in [5, 5.41) is 3.40. The van der Waals surface area contributed by atoms with E-state index in [4.69, 9.17) is 0 Å². The maximum absolute atomic E-state index is 4.41. The van der Waals surface area contributed by atoms with E-state index in [1.165, 1.54) is 12.8 Å². The molecule has 1 aromatic heterocycles. The van der Waals surface area contributed by atoms with Crippen LogP contribution in [0, 0.1) is 6.92 Å². The fraction of sp³-hybridized carbons (Fsp3) is 0.667. The number of nitrogens with zero attached hydrogens (tertiary/aromatic N) is 3. The van der Waals surface area contributed by atoms with Crippen molar-refractivity contribution in [2.24, 2.45) is 0 Å². The van der Waals surface area contributed by atoms with Crippen LogP contribution in [0.4, 0.5) is 5.95 Å². The smallest absolute Gasteiger partial charge is 0.225 e. The first kappa shape index (κ1) is 11.3. The van der Waals surface area contributed by atoms with Crippen molar-refractivity contribution >= 4 is 5.95 Å². The quantitative estimate of drug-likeness (QED) is 0.832. The van der Waals surface area contributed by atoms with Gasteiger partial charge in [0, 0.05) is 31.5 Å². The summed E-state index contributed by atoms with van der Waals surface area (Å²) in [7, 11) is 0. The van der Waals surface area contributed by atoms with Gasteiger partial charge in [-0.1, -0.05) is 6.92 Å². The van der Waals surface area contributed by atoms with Crippen LogP contribution in [0.1, 0.15) is 25.3 Å². The predicted octanol–water partition coefficient (Wildman–Crippen LogP) is 1.36. The zero-order chi connectivity index (χ0) is 11.4. The average molecular weight is 220 g/mol. The molecule has 0 spiro atoms. The van der Waals surface area contributed by atoms with E-state index in [1.807, 2.05) is 19.3 Å². The number of nitrogens with one attached hydrogen (secondary N) is 1. The van der Waals surface area contributed by atoms with Crippen LogP contribution in [0.3, 0.4) is 0 Å². The Bertz CT molecular complexity index is 322. The Balaban J connectivity index is 2.04. The highest BCUT2D eigenvalue weighted by atomic mass is 15.3. The molecule has 16 heavy (non-hydrogen) atoms. The maximum atomic E-state index is 4.41. The van der Waals surface area contributed by atoms with Crippen molar-refractivity contribution in [2.75, 3.05) is 24.5 Å². The van der Waals surface area contributed by atoms with E-state index in [0.29, 0.717) is 6.04 Å². The third-order valence-corrected chi connectivity index (χ3v) is 3.03. The summed E-state index contributed by atoms with van der Waals surface area (Å²) in [5.41, 5.74) is 1.12. The molecule has 4 nitrogen and oxygen atoms in total. The van der Waals surface area contributed by atoms with Gasteiger partial charge in [0.2, 0.25) is 5.95 Å². The number of aromatic nitrogens is 2. The molecular weight excluding hydrogens is 200 g/mol. The first-order valence-electron chi connectivity index (χ1n) is 6.07. The van der Waals surface area contributed by atoms with E-state index in [0.717, 1.165) is 31.1 Å². The lowest BCUT2D eigenvalue weighted by Crippen LogP contribution is -2.38. The molecule has 1 unspecified atom stereocenters. The van der Waals surface area contributed by atoms with Crippen molar-refractivity contribution in [3.8, 4) is 0 Å². The van der Waals surface area contributed by atoms with Crippen LogP contribution in [0.15, 0.2) is 12.4 Å². The number of aryl methyl sites for hydroxylation is 1. The molecular formula is C12H20N4. The third kappa shape index (κ3) is 2.50. The molecule has 1 saturated heterocycles. The van der Waals surface area contributed by atoms with Crippen molar-refractivity contribution in [2.45, 2.75) is 32.7 Å². The van der Waals surface area contributed by atoms with Gasteiger partial charge in [-0.05, 0) is 31.9 Å². The summed E-state index contributed by atoms with van der Waals surface area (Å²) in [5.74, 6) is 0.881. The van der Waals surface area contributed by atoms with Crippen molar-refractivity contribution in [1.29, 1.82) is 0 Å². The first-order valence-corrected chi connectivity index (χ1v) is 6.07. The van der Waals surface area contributed by atoms with E-state index in [2.05, 4.69) is 27.1 Å². The molecule has 0 amide bonds. The Morgan fingerprint density at radius 1 is 1.44 bits per heavy atom. The largest absolute Gasteiger partial charge is 0.337 e. The predicted molar refractivity (Wildman–Crippen MR) is 65.7 cm³/mol. The van der Waals surface area contributed by atoms with Gasteiger partial charge in [-0.2, -0.15) is 0 Å². The van der Waals surface area contributed by atoms with Crippen molar-refractivity contribution in [3.05, 3.63) is 18.0 Å². The molecule has 0 aliphatic carbocycles. The van der Waals surface area contributed by atoms with Crippen LogP contribution < -0.4 is 10.2 Å². The minimum Gasteiger partial charge on any atom is -0.337 e. The van der Waals surface area contributed by atoms with Crippen molar-refractivity contribution in [3.63, 3.8) is 0 Å². The van der Waals surface area contributed by atoms with Gasteiger partial charge in [0.15, 0.2) is 0 Å². The van der Waals surface area contributed by atoms with E-state index < -0.39 is 0 Å². The third-order valence-electron chi connectivity index (χ3n) is 3.03. The average Bonchev–Trinajstić information content (AvgIpc) is 2.75. The van der Waals surface area contributed by atoms with Crippen molar-refractivity contribution < 1.29 is 0 Å². The fourth-order valence-corrected chi connectivity index (χ4v) is 2.16. The van der Waals surface area contributed by atoms with Gasteiger partial charge in [0.05, 0.1) is 0 Å². The van der Waals surface area contributed by atoms with Gasteiger partial charge in [-0.15, -0.1) is 0 Å². The Labute approximate surface area is 97.1 Å². The Hall–Kier alpha value is -1.16. The first-order chi connectivity index (χ1) is 7.81. The summed E-state index contributed by atoms with van der Waals surface area (Å²) in [4.78, 5) is 11.1. The molecule has 0 aromatic carbocycles. The minimum atomic E-state index is 0.558. The Morgan fingerprint density at radius 2 is 2.19 bits per heavy atom. The zero-order valence-electron chi connectivity index (χ0n) is 10.1. The highest BCUT2D eigenvalue weighted by molar-refractivity contribution is 5.33. The van der Waals surface area contributed by atoms with Crippen LogP contribution in [0.2, 0.25) is 0 Å². The lowest BCUT2D eigenvalue weighted by Gasteiger charge is -2.24. The summed E-state index contributed by atoms with van der Waals surface area (Å²) in [6.45, 7) is 7.30. The molecule has 1 atom stereocenters. The molecule has 1 N–H and O–H groups in total. The molecule has 1 fully saturated rings. The monoisotopic (exact) mass is 220 g/mol. The minimum absolute atomic E-state index is 0.558. The number of anilines is 1. The molecule has 0 radical (unpaired) electrons. The Morgan fingerprint density at radius 3 is 2.88 bits per heavy atom. The number of rotatable bonds is 4. The summed E-state index contributed by atoms with van der Waals surface area (Å²) in [6, 6.07) is 0.558. The van der Waals surface area contributed by atoms with E-state index in [-0.39, 0.29) is 0 Å². The summed E-state index contributed by atoms with van der Waals surface area (Å²) < 4.78 is 0. The number of hydrogen-bond acceptors (Lipinski definition) is 4. The van der Waals surface area contributed by atoms with E-state index in [1.54, 1.807) is 0 Å². The van der Waals surface area contributed by atoms with Gasteiger partial charge in [0.25, 0.3) is 0 Å². The standard InChI is InChI=1S/C12H20N4/c1-3-13-9-11-5-4-6-16(11)12-14-7-10(2)8-15-12/h7-8,11,13H,3-6,9H2,1-2H3. The molecule has 1 aliphatic rings. The molecule has 2 heterocycles. The lowest BCUT2D eigenvalue weighted by atomic mass is 10.2. The number of likely N-dealkylation sites (N-methyl/N-ethyl adjacent to an activating group) is 1. The van der Waals surface area contributed by atoms with Gasteiger partial charge >= 0.3 is 0 Å². The van der Waals surface area contributed by atoms with Crippen LogP contribution >= 0.6 is 0 Å². The molecule has 1 aliphatic heterocycles. The second kappa shape index (κ2) is 5.25. The van der Waals surface area contributed by atoms with Crippen LogP contribution in [0.25, 0.3) is 0 Å². The van der Waals surface area contributed by atoms with Crippen LogP contribution in [0.5, 0.6) is 0 Å². The normalized spacial score (nSPS) is 20.4. The molecule has 88 valence electrons. The topological polar surface area (TPSA) is 41.0 Å². The van der Waals surface area contributed by atoms with Gasteiger partial charge in [0.1, 0.15) is 0 Å². The lowest BCUT2D eigenvalue weighted by molar-refractivity contribution is 0.581. The fourth-order valence-electron chi connectivity index (χ4n) is 2.16. The Kier molecular flexibility index (Phi) is 3.72. The summed E-state index contributed by atoms with van der Waals surface area (Å²) in [6.07, 6.45) is 6.27. The van der Waals surface area contributed by atoms with Gasteiger partial charge in [-0.25, -0.2) is 9.97 Å². The molecule has 4 heteroatoms. The second-order valence-electron chi connectivity index (χ2n) is 4.36. The van der Waals surface area contributed by atoms with Crippen molar-refractivity contribution in [1.82, 2.24) is 15.3 Å². The highest BCUT2D eigenvalue weighted by Gasteiger charge is 2.25. The SMILES string of the molecule is CCNCC1CCCN1c1ncc(C)cn1. The van der Waals surface area contributed by atoms with Crippen LogP contribution in [-0.2, 0) is 0 Å². The molecule has 1 aromatic rings.